The van der Waals surface area contributed by atoms with E-state index in [1.54, 1.807) is 18.8 Å². The van der Waals surface area contributed by atoms with Gasteiger partial charge in [0, 0.05) is 4.90 Å². The molecule has 1 atom stereocenters. The lowest BCUT2D eigenvalue weighted by atomic mass is 9.98. The minimum absolute atomic E-state index is 0.122. The molecule has 0 heterocycles. The first-order valence-electron chi connectivity index (χ1n) is 6.44. The molecule has 0 spiro atoms. The predicted octanol–water partition coefficient (Wildman–Crippen LogP) is 4.74. The maximum Gasteiger partial charge on any atom is 0.416 e. The highest BCUT2D eigenvalue weighted by Gasteiger charge is 2.30. The van der Waals surface area contributed by atoms with Gasteiger partial charge in [-0.3, -0.25) is 0 Å². The van der Waals surface area contributed by atoms with E-state index in [1.807, 2.05) is 30.5 Å². The molecule has 2 aromatic carbocycles. The number of nitrogens with one attached hydrogen (secondary N) is 1. The minimum atomic E-state index is -4.30. The molecule has 1 N–H and O–H groups in total. The summed E-state index contributed by atoms with van der Waals surface area (Å²) in [6, 6.07) is 13.2. The van der Waals surface area contributed by atoms with Gasteiger partial charge in [-0.2, -0.15) is 13.2 Å². The van der Waals surface area contributed by atoms with Gasteiger partial charge in [0.2, 0.25) is 0 Å². The molecule has 1 nitrogen and oxygen atoms in total. The Morgan fingerprint density at radius 2 is 1.38 bits per heavy atom. The Kier molecular flexibility index (Phi) is 4.96. The summed E-state index contributed by atoms with van der Waals surface area (Å²) in [5.41, 5.74) is 1.20. The van der Waals surface area contributed by atoms with Crippen LogP contribution in [0.15, 0.2) is 53.4 Å². The molecular formula is C16H16F3NS. The second kappa shape index (κ2) is 6.54. The summed E-state index contributed by atoms with van der Waals surface area (Å²) < 4.78 is 37.8. The number of hydrogen-bond acceptors (Lipinski definition) is 2. The molecule has 0 bridgehead atoms. The maximum atomic E-state index is 12.6. The molecule has 0 saturated heterocycles. The smallest absolute Gasteiger partial charge is 0.309 e. The van der Waals surface area contributed by atoms with Crippen molar-refractivity contribution in [3.05, 3.63) is 65.2 Å². The van der Waals surface area contributed by atoms with Crippen LogP contribution in [0.4, 0.5) is 13.2 Å². The second-order valence-electron chi connectivity index (χ2n) is 4.61. The molecule has 0 fully saturated rings. The van der Waals surface area contributed by atoms with Crippen molar-refractivity contribution in [1.82, 2.24) is 5.32 Å². The molecule has 1 unspecified atom stereocenters. The average Bonchev–Trinajstić information content (AvgIpc) is 2.48. The van der Waals surface area contributed by atoms with E-state index < -0.39 is 11.7 Å². The highest BCUT2D eigenvalue weighted by molar-refractivity contribution is 7.98. The van der Waals surface area contributed by atoms with Crippen molar-refractivity contribution in [3.8, 4) is 0 Å². The number of rotatable bonds is 4. The lowest BCUT2D eigenvalue weighted by Crippen LogP contribution is -2.17. The van der Waals surface area contributed by atoms with Crippen LogP contribution in [0.25, 0.3) is 0 Å². The van der Waals surface area contributed by atoms with E-state index in [9.17, 15) is 13.2 Å². The Bertz CT molecular complexity index is 576. The summed E-state index contributed by atoms with van der Waals surface area (Å²) in [5.74, 6) is 0. The first kappa shape index (κ1) is 15.9. The van der Waals surface area contributed by atoms with Gasteiger partial charge < -0.3 is 5.32 Å². The third-order valence-electron chi connectivity index (χ3n) is 3.31. The second-order valence-corrected chi connectivity index (χ2v) is 5.49. The van der Waals surface area contributed by atoms with Crippen LogP contribution in [0, 0.1) is 0 Å². The van der Waals surface area contributed by atoms with Gasteiger partial charge in [-0.1, -0.05) is 24.3 Å². The van der Waals surface area contributed by atoms with E-state index in [1.165, 1.54) is 12.1 Å². The maximum absolute atomic E-state index is 12.6. The van der Waals surface area contributed by atoms with E-state index in [-0.39, 0.29) is 6.04 Å². The normalized spacial score (nSPS) is 13.2. The fourth-order valence-electron chi connectivity index (χ4n) is 2.19. The van der Waals surface area contributed by atoms with Crippen LogP contribution in [0.3, 0.4) is 0 Å². The summed E-state index contributed by atoms with van der Waals surface area (Å²) in [5, 5.41) is 3.14. The van der Waals surface area contributed by atoms with Gasteiger partial charge in [0.1, 0.15) is 0 Å². The first-order valence-corrected chi connectivity index (χ1v) is 7.66. The van der Waals surface area contributed by atoms with Crippen LogP contribution in [-0.4, -0.2) is 13.3 Å². The molecule has 5 heteroatoms. The summed E-state index contributed by atoms with van der Waals surface area (Å²) in [7, 11) is 1.80. The Morgan fingerprint density at radius 3 is 1.76 bits per heavy atom. The van der Waals surface area contributed by atoms with E-state index in [0.717, 1.165) is 28.2 Å². The number of thioether (sulfide) groups is 1. The van der Waals surface area contributed by atoms with Crippen LogP contribution in [-0.2, 0) is 6.18 Å². The van der Waals surface area contributed by atoms with Crippen molar-refractivity contribution in [1.29, 1.82) is 0 Å². The van der Waals surface area contributed by atoms with Crippen LogP contribution in [0.5, 0.6) is 0 Å². The molecule has 2 aromatic rings. The zero-order valence-corrected chi connectivity index (χ0v) is 12.6. The van der Waals surface area contributed by atoms with Gasteiger partial charge in [0.25, 0.3) is 0 Å². The molecule has 0 radical (unpaired) electrons. The third kappa shape index (κ3) is 3.80. The van der Waals surface area contributed by atoms with Gasteiger partial charge in [0.15, 0.2) is 0 Å². The molecule has 0 aliphatic rings. The molecule has 0 aliphatic carbocycles. The topological polar surface area (TPSA) is 12.0 Å². The summed E-state index contributed by atoms with van der Waals surface area (Å²) in [6.45, 7) is 0. The predicted molar refractivity (Wildman–Crippen MR) is 80.6 cm³/mol. The quantitative estimate of drug-likeness (QED) is 0.819. The Labute approximate surface area is 126 Å². The van der Waals surface area contributed by atoms with E-state index in [0.29, 0.717) is 0 Å². The van der Waals surface area contributed by atoms with E-state index in [2.05, 4.69) is 5.32 Å². The van der Waals surface area contributed by atoms with Gasteiger partial charge in [-0.05, 0) is 48.7 Å². The van der Waals surface area contributed by atoms with Crippen molar-refractivity contribution < 1.29 is 13.2 Å². The summed E-state index contributed by atoms with van der Waals surface area (Å²) in [6.07, 6.45) is -2.30. The van der Waals surface area contributed by atoms with Crippen molar-refractivity contribution >= 4 is 11.8 Å². The number of hydrogen-bond donors (Lipinski definition) is 1. The van der Waals surface area contributed by atoms with Crippen molar-refractivity contribution in [2.24, 2.45) is 0 Å². The van der Waals surface area contributed by atoms with Crippen molar-refractivity contribution in [2.45, 2.75) is 17.1 Å². The summed E-state index contributed by atoms with van der Waals surface area (Å²) in [4.78, 5) is 1.15. The van der Waals surface area contributed by atoms with Crippen LogP contribution in [0.2, 0.25) is 0 Å². The number of halogens is 3. The molecule has 112 valence electrons. The lowest BCUT2D eigenvalue weighted by molar-refractivity contribution is -0.137. The monoisotopic (exact) mass is 311 g/mol. The molecule has 0 amide bonds. The molecule has 21 heavy (non-hydrogen) atoms. The average molecular weight is 311 g/mol. The van der Waals surface area contributed by atoms with Crippen LogP contribution >= 0.6 is 11.8 Å². The van der Waals surface area contributed by atoms with E-state index in [4.69, 9.17) is 0 Å². The minimum Gasteiger partial charge on any atom is -0.309 e. The zero-order chi connectivity index (χ0) is 15.5. The standard InChI is InChI=1S/C16H16F3NS/c1-20-15(12-5-9-14(21-2)10-6-12)11-3-7-13(8-4-11)16(17,18)19/h3-10,15,20H,1-2H3. The van der Waals surface area contributed by atoms with Gasteiger partial charge in [-0.25, -0.2) is 0 Å². The number of alkyl halides is 3. The lowest BCUT2D eigenvalue weighted by Gasteiger charge is -2.18. The fraction of sp³-hybridized carbons (Fsp3) is 0.250. The molecule has 0 aromatic heterocycles. The van der Waals surface area contributed by atoms with Gasteiger partial charge in [-0.15, -0.1) is 11.8 Å². The Hall–Kier alpha value is -1.46. The first-order chi connectivity index (χ1) is 9.95. The van der Waals surface area contributed by atoms with Crippen molar-refractivity contribution in [2.75, 3.05) is 13.3 Å². The fourth-order valence-corrected chi connectivity index (χ4v) is 2.59. The number of benzene rings is 2. The molecule has 0 aliphatic heterocycles. The largest absolute Gasteiger partial charge is 0.416 e. The SMILES string of the molecule is CNC(c1ccc(SC)cc1)c1ccc(C(F)(F)F)cc1. The highest BCUT2D eigenvalue weighted by Crippen LogP contribution is 2.31. The van der Waals surface area contributed by atoms with Gasteiger partial charge >= 0.3 is 6.18 Å². The van der Waals surface area contributed by atoms with E-state index >= 15 is 0 Å². The van der Waals surface area contributed by atoms with Gasteiger partial charge in [0.05, 0.1) is 11.6 Å². The third-order valence-corrected chi connectivity index (χ3v) is 4.05. The molecule has 2 rings (SSSR count). The molecular weight excluding hydrogens is 295 g/mol. The highest BCUT2D eigenvalue weighted by atomic mass is 32.2. The Balaban J connectivity index is 2.28. The summed E-state index contributed by atoms with van der Waals surface area (Å²) >= 11 is 1.65. The van der Waals surface area contributed by atoms with Crippen molar-refractivity contribution in [3.63, 3.8) is 0 Å². The molecule has 0 saturated carbocycles. The van der Waals surface area contributed by atoms with Crippen LogP contribution < -0.4 is 5.32 Å². The zero-order valence-electron chi connectivity index (χ0n) is 11.7. The Morgan fingerprint density at radius 1 is 0.905 bits per heavy atom. The van der Waals surface area contributed by atoms with Crippen LogP contribution in [0.1, 0.15) is 22.7 Å².